The van der Waals surface area contributed by atoms with E-state index in [1.54, 1.807) is 12.3 Å². The zero-order valence-electron chi connectivity index (χ0n) is 9.43. The first-order chi connectivity index (χ1) is 8.25. The second-order valence-corrected chi connectivity index (χ2v) is 4.13. The van der Waals surface area contributed by atoms with Crippen molar-refractivity contribution in [1.29, 1.82) is 0 Å². The Kier molecular flexibility index (Phi) is 2.18. The van der Waals surface area contributed by atoms with Gasteiger partial charge in [0.25, 0.3) is 0 Å². The maximum Gasteiger partial charge on any atom is 0.215 e. The molecule has 0 atom stereocenters. The molecule has 0 amide bonds. The Balaban J connectivity index is 2.20. The SMILES string of the molecule is Cc1ccc2c(c1)OCc1cccnc1C2=O. The summed E-state index contributed by atoms with van der Waals surface area (Å²) >= 11 is 0. The molecule has 0 spiro atoms. The van der Waals surface area contributed by atoms with Crippen LogP contribution in [0.1, 0.15) is 27.2 Å². The van der Waals surface area contributed by atoms with Crippen LogP contribution in [0.15, 0.2) is 36.5 Å². The van der Waals surface area contributed by atoms with Gasteiger partial charge in [-0.25, -0.2) is 0 Å². The van der Waals surface area contributed by atoms with Crippen LogP contribution >= 0.6 is 0 Å². The van der Waals surface area contributed by atoms with Gasteiger partial charge in [-0.3, -0.25) is 9.78 Å². The molecule has 84 valence electrons. The summed E-state index contributed by atoms with van der Waals surface area (Å²) in [5.41, 5.74) is 3.00. The second-order valence-electron chi connectivity index (χ2n) is 4.13. The predicted molar refractivity (Wildman–Crippen MR) is 63.2 cm³/mol. The fourth-order valence-electron chi connectivity index (χ4n) is 1.98. The zero-order chi connectivity index (χ0) is 11.8. The topological polar surface area (TPSA) is 39.2 Å². The van der Waals surface area contributed by atoms with Crippen molar-refractivity contribution in [2.45, 2.75) is 13.5 Å². The van der Waals surface area contributed by atoms with Crippen LogP contribution in [0.5, 0.6) is 5.75 Å². The average Bonchev–Trinajstić information content (AvgIpc) is 2.48. The summed E-state index contributed by atoms with van der Waals surface area (Å²) in [7, 11) is 0. The molecule has 3 rings (SSSR count). The third-order valence-electron chi connectivity index (χ3n) is 2.87. The molecule has 3 nitrogen and oxygen atoms in total. The highest BCUT2D eigenvalue weighted by atomic mass is 16.5. The molecule has 0 aliphatic carbocycles. The van der Waals surface area contributed by atoms with E-state index in [0.717, 1.165) is 11.1 Å². The van der Waals surface area contributed by atoms with Gasteiger partial charge >= 0.3 is 0 Å². The molecular formula is C14H11NO2. The lowest BCUT2D eigenvalue weighted by Gasteiger charge is -2.06. The normalized spacial score (nSPS) is 13.4. The van der Waals surface area contributed by atoms with E-state index in [-0.39, 0.29) is 5.78 Å². The van der Waals surface area contributed by atoms with Crippen molar-refractivity contribution < 1.29 is 9.53 Å². The number of rotatable bonds is 0. The van der Waals surface area contributed by atoms with Crippen LogP contribution in [-0.2, 0) is 6.61 Å². The Morgan fingerprint density at radius 2 is 2.18 bits per heavy atom. The lowest BCUT2D eigenvalue weighted by Crippen LogP contribution is -2.05. The van der Waals surface area contributed by atoms with Crippen LogP contribution in [0.25, 0.3) is 0 Å². The minimum absolute atomic E-state index is 0.0619. The Morgan fingerprint density at radius 1 is 1.29 bits per heavy atom. The molecule has 3 heteroatoms. The Hall–Kier alpha value is -2.16. The van der Waals surface area contributed by atoms with Crippen molar-refractivity contribution in [2.75, 3.05) is 0 Å². The van der Waals surface area contributed by atoms with Crippen molar-refractivity contribution in [2.24, 2.45) is 0 Å². The van der Waals surface area contributed by atoms with E-state index in [0.29, 0.717) is 23.6 Å². The first-order valence-electron chi connectivity index (χ1n) is 5.48. The number of carbonyl (C=O) groups is 1. The third kappa shape index (κ3) is 1.60. The Morgan fingerprint density at radius 3 is 3.06 bits per heavy atom. The van der Waals surface area contributed by atoms with E-state index in [4.69, 9.17) is 4.74 Å². The van der Waals surface area contributed by atoms with Gasteiger partial charge < -0.3 is 4.74 Å². The van der Waals surface area contributed by atoms with Gasteiger partial charge in [-0.05, 0) is 30.7 Å². The Labute approximate surface area is 99.1 Å². The summed E-state index contributed by atoms with van der Waals surface area (Å²) in [6.07, 6.45) is 1.63. The monoisotopic (exact) mass is 225 g/mol. The first-order valence-corrected chi connectivity index (χ1v) is 5.48. The maximum atomic E-state index is 12.3. The molecule has 1 aliphatic heterocycles. The van der Waals surface area contributed by atoms with Gasteiger partial charge in [0, 0.05) is 11.8 Å². The minimum Gasteiger partial charge on any atom is -0.488 e. The number of nitrogens with zero attached hydrogens (tertiary/aromatic N) is 1. The number of aryl methyl sites for hydroxylation is 1. The van der Waals surface area contributed by atoms with Gasteiger partial charge in [-0.1, -0.05) is 12.1 Å². The molecule has 0 unspecified atom stereocenters. The predicted octanol–water partition coefficient (Wildman–Crippen LogP) is 2.51. The minimum atomic E-state index is -0.0619. The third-order valence-corrected chi connectivity index (χ3v) is 2.87. The highest BCUT2D eigenvalue weighted by Gasteiger charge is 2.22. The molecule has 0 fully saturated rings. The summed E-state index contributed by atoms with van der Waals surface area (Å²) in [5, 5.41) is 0. The van der Waals surface area contributed by atoms with Crippen LogP contribution in [0.3, 0.4) is 0 Å². The molecule has 0 saturated heterocycles. The molecular weight excluding hydrogens is 214 g/mol. The van der Waals surface area contributed by atoms with Gasteiger partial charge in [0.15, 0.2) is 0 Å². The number of fused-ring (bicyclic) bond motifs is 2. The van der Waals surface area contributed by atoms with Crippen LogP contribution < -0.4 is 4.74 Å². The number of carbonyl (C=O) groups excluding carboxylic acids is 1. The van der Waals surface area contributed by atoms with E-state index in [9.17, 15) is 4.79 Å². The number of hydrogen-bond acceptors (Lipinski definition) is 3. The maximum absolute atomic E-state index is 12.3. The molecule has 1 aromatic heterocycles. The summed E-state index contributed by atoms with van der Waals surface area (Å²) in [6.45, 7) is 2.37. The number of pyridine rings is 1. The number of benzene rings is 1. The largest absolute Gasteiger partial charge is 0.488 e. The molecule has 2 aromatic rings. The highest BCUT2D eigenvalue weighted by molar-refractivity contribution is 6.10. The standard InChI is InChI=1S/C14H11NO2/c1-9-4-5-11-12(7-9)17-8-10-3-2-6-15-13(10)14(11)16/h2-7H,8H2,1H3. The Bertz CT molecular complexity index is 605. The van der Waals surface area contributed by atoms with E-state index >= 15 is 0 Å². The second kappa shape index (κ2) is 3.70. The molecule has 0 radical (unpaired) electrons. The zero-order valence-corrected chi connectivity index (χ0v) is 9.43. The van der Waals surface area contributed by atoms with E-state index in [2.05, 4.69) is 4.98 Å². The summed E-state index contributed by atoms with van der Waals surface area (Å²) in [4.78, 5) is 16.4. The van der Waals surface area contributed by atoms with Crippen molar-refractivity contribution in [1.82, 2.24) is 4.98 Å². The summed E-state index contributed by atoms with van der Waals surface area (Å²) in [5.74, 6) is 0.584. The van der Waals surface area contributed by atoms with Gasteiger partial charge in [0.1, 0.15) is 18.1 Å². The fourth-order valence-corrected chi connectivity index (χ4v) is 1.98. The van der Waals surface area contributed by atoms with Crippen molar-refractivity contribution >= 4 is 5.78 Å². The van der Waals surface area contributed by atoms with Gasteiger partial charge in [-0.15, -0.1) is 0 Å². The van der Waals surface area contributed by atoms with Crippen LogP contribution in [-0.4, -0.2) is 10.8 Å². The van der Waals surface area contributed by atoms with E-state index in [1.807, 2.05) is 31.2 Å². The van der Waals surface area contributed by atoms with Crippen molar-refractivity contribution in [3.05, 3.63) is 58.9 Å². The van der Waals surface area contributed by atoms with Crippen LogP contribution in [0.2, 0.25) is 0 Å². The van der Waals surface area contributed by atoms with Crippen LogP contribution in [0, 0.1) is 6.92 Å². The summed E-state index contributed by atoms with van der Waals surface area (Å²) in [6, 6.07) is 9.29. The highest BCUT2D eigenvalue weighted by Crippen LogP contribution is 2.28. The molecule has 2 heterocycles. The van der Waals surface area contributed by atoms with E-state index < -0.39 is 0 Å². The van der Waals surface area contributed by atoms with Gasteiger partial charge in [-0.2, -0.15) is 0 Å². The molecule has 0 saturated carbocycles. The van der Waals surface area contributed by atoms with E-state index in [1.165, 1.54) is 0 Å². The van der Waals surface area contributed by atoms with Crippen molar-refractivity contribution in [3.8, 4) is 5.75 Å². The molecule has 0 bridgehead atoms. The number of ketones is 1. The smallest absolute Gasteiger partial charge is 0.215 e. The first kappa shape index (κ1) is 10.0. The summed E-state index contributed by atoms with van der Waals surface area (Å²) < 4.78 is 5.67. The van der Waals surface area contributed by atoms with Crippen molar-refractivity contribution in [3.63, 3.8) is 0 Å². The van der Waals surface area contributed by atoms with Gasteiger partial charge in [0.05, 0.1) is 5.56 Å². The lowest BCUT2D eigenvalue weighted by atomic mass is 10.0. The number of ether oxygens (including phenoxy) is 1. The number of hydrogen-bond donors (Lipinski definition) is 0. The lowest BCUT2D eigenvalue weighted by molar-refractivity contribution is 0.103. The quantitative estimate of drug-likeness (QED) is 0.691. The molecule has 1 aliphatic rings. The number of aromatic nitrogens is 1. The average molecular weight is 225 g/mol. The molecule has 1 aromatic carbocycles. The van der Waals surface area contributed by atoms with Gasteiger partial charge in [0.2, 0.25) is 5.78 Å². The molecule has 0 N–H and O–H groups in total. The fraction of sp³-hybridized carbons (Fsp3) is 0.143. The van der Waals surface area contributed by atoms with Crippen LogP contribution in [0.4, 0.5) is 0 Å². The molecule has 17 heavy (non-hydrogen) atoms.